The first-order valence-corrected chi connectivity index (χ1v) is 8.12. The number of hydrogen-bond donors (Lipinski definition) is 2. The molecule has 0 aromatic carbocycles. The lowest BCUT2D eigenvalue weighted by molar-refractivity contribution is -0.384. The number of nitrogens with one attached hydrogen (secondary N) is 2. The van der Waals surface area contributed by atoms with Gasteiger partial charge in [0.25, 0.3) is 0 Å². The number of hydrogen-bond acceptors (Lipinski definition) is 6. The van der Waals surface area contributed by atoms with Gasteiger partial charge in [-0.1, -0.05) is 12.8 Å². The SMILES string of the molecule is CC(C)(C)OC(=O)NC1CCCCC1Nc1ncccc1[N+](=O)[O-]. The number of alkyl carbamates (subject to hydrolysis) is 1. The molecule has 1 aliphatic rings. The van der Waals surface area contributed by atoms with Crippen LogP contribution in [0.25, 0.3) is 0 Å². The van der Waals surface area contributed by atoms with Crippen molar-refractivity contribution in [3.05, 3.63) is 28.4 Å². The molecule has 1 heterocycles. The van der Waals surface area contributed by atoms with E-state index in [1.165, 1.54) is 18.3 Å². The van der Waals surface area contributed by atoms with Gasteiger partial charge in [0.1, 0.15) is 5.60 Å². The molecular formula is C16H24N4O4. The number of nitrogens with zero attached hydrogens (tertiary/aromatic N) is 2. The van der Waals surface area contributed by atoms with Crippen molar-refractivity contribution in [2.45, 2.75) is 64.1 Å². The van der Waals surface area contributed by atoms with E-state index in [1.807, 2.05) is 0 Å². The number of aromatic nitrogens is 1. The third-order valence-electron chi connectivity index (χ3n) is 3.77. The quantitative estimate of drug-likeness (QED) is 0.646. The molecule has 2 unspecified atom stereocenters. The number of nitro groups is 1. The number of rotatable bonds is 4. The van der Waals surface area contributed by atoms with Gasteiger partial charge >= 0.3 is 11.8 Å². The molecule has 0 bridgehead atoms. The van der Waals surface area contributed by atoms with Crippen molar-refractivity contribution in [1.29, 1.82) is 0 Å². The Morgan fingerprint density at radius 1 is 1.33 bits per heavy atom. The molecule has 0 aliphatic heterocycles. The van der Waals surface area contributed by atoms with Crippen LogP contribution in [0, 0.1) is 10.1 Å². The van der Waals surface area contributed by atoms with Crippen molar-refractivity contribution in [1.82, 2.24) is 10.3 Å². The minimum absolute atomic E-state index is 0.0703. The first-order chi connectivity index (χ1) is 11.3. The second-order valence-electron chi connectivity index (χ2n) is 6.92. The van der Waals surface area contributed by atoms with Crippen molar-refractivity contribution in [3.8, 4) is 0 Å². The van der Waals surface area contributed by atoms with Gasteiger partial charge in [0.15, 0.2) is 0 Å². The molecule has 1 aromatic rings. The lowest BCUT2D eigenvalue weighted by atomic mass is 9.90. The van der Waals surface area contributed by atoms with Gasteiger partial charge in [-0.2, -0.15) is 0 Å². The smallest absolute Gasteiger partial charge is 0.407 e. The average molecular weight is 336 g/mol. The molecule has 2 rings (SSSR count). The van der Waals surface area contributed by atoms with Crippen molar-refractivity contribution >= 4 is 17.6 Å². The van der Waals surface area contributed by atoms with E-state index in [9.17, 15) is 14.9 Å². The minimum Gasteiger partial charge on any atom is -0.444 e. The molecule has 1 amide bonds. The average Bonchev–Trinajstić information content (AvgIpc) is 2.47. The van der Waals surface area contributed by atoms with Crippen LogP contribution in [0.5, 0.6) is 0 Å². The van der Waals surface area contributed by atoms with E-state index in [0.29, 0.717) is 0 Å². The maximum Gasteiger partial charge on any atom is 0.407 e. The summed E-state index contributed by atoms with van der Waals surface area (Å²) in [7, 11) is 0. The molecular weight excluding hydrogens is 312 g/mol. The Kier molecular flexibility index (Phi) is 5.58. The Bertz CT molecular complexity index is 600. The highest BCUT2D eigenvalue weighted by Crippen LogP contribution is 2.26. The molecule has 2 atom stereocenters. The zero-order valence-electron chi connectivity index (χ0n) is 14.2. The molecule has 8 heteroatoms. The summed E-state index contributed by atoms with van der Waals surface area (Å²) in [6.07, 6.45) is 4.60. The van der Waals surface area contributed by atoms with Crippen molar-refractivity contribution in [3.63, 3.8) is 0 Å². The van der Waals surface area contributed by atoms with Gasteiger partial charge in [-0.25, -0.2) is 9.78 Å². The van der Waals surface area contributed by atoms with Crippen LogP contribution < -0.4 is 10.6 Å². The van der Waals surface area contributed by atoms with Crippen molar-refractivity contribution < 1.29 is 14.5 Å². The molecule has 1 fully saturated rings. The Balaban J connectivity index is 2.07. The fourth-order valence-electron chi connectivity index (χ4n) is 2.77. The molecule has 24 heavy (non-hydrogen) atoms. The topological polar surface area (TPSA) is 106 Å². The Morgan fingerprint density at radius 2 is 2.00 bits per heavy atom. The van der Waals surface area contributed by atoms with E-state index >= 15 is 0 Å². The van der Waals surface area contributed by atoms with Gasteiger partial charge in [-0.3, -0.25) is 10.1 Å². The summed E-state index contributed by atoms with van der Waals surface area (Å²) in [4.78, 5) is 26.7. The van der Waals surface area contributed by atoms with Gasteiger partial charge in [-0.05, 0) is 39.7 Å². The van der Waals surface area contributed by atoms with E-state index < -0.39 is 16.6 Å². The highest BCUT2D eigenvalue weighted by Gasteiger charge is 2.30. The van der Waals surface area contributed by atoms with Crippen LogP contribution in [0.1, 0.15) is 46.5 Å². The summed E-state index contributed by atoms with van der Waals surface area (Å²) in [5.74, 6) is 0.227. The minimum atomic E-state index is -0.568. The standard InChI is InChI=1S/C16H24N4O4/c1-16(2,3)24-15(21)19-12-8-5-4-7-11(12)18-14-13(20(22)23)9-6-10-17-14/h6,9-12H,4-5,7-8H2,1-3H3,(H,17,18)(H,19,21). The van der Waals surface area contributed by atoms with Crippen LogP contribution in [-0.2, 0) is 4.74 Å². The van der Waals surface area contributed by atoms with E-state index in [0.717, 1.165) is 25.7 Å². The lowest BCUT2D eigenvalue weighted by Crippen LogP contribution is -2.49. The third-order valence-corrected chi connectivity index (χ3v) is 3.77. The van der Waals surface area contributed by atoms with Crippen LogP contribution in [-0.4, -0.2) is 33.7 Å². The maximum absolute atomic E-state index is 12.0. The summed E-state index contributed by atoms with van der Waals surface area (Å²) in [5, 5.41) is 17.1. The monoisotopic (exact) mass is 336 g/mol. The summed E-state index contributed by atoms with van der Waals surface area (Å²) >= 11 is 0. The van der Waals surface area contributed by atoms with E-state index in [4.69, 9.17) is 4.74 Å². The first-order valence-electron chi connectivity index (χ1n) is 8.12. The molecule has 1 aliphatic carbocycles. The predicted octanol–water partition coefficient (Wildman–Crippen LogP) is 3.24. The van der Waals surface area contributed by atoms with E-state index in [2.05, 4.69) is 15.6 Å². The molecule has 0 saturated heterocycles. The maximum atomic E-state index is 12.0. The van der Waals surface area contributed by atoms with E-state index in [-0.39, 0.29) is 23.6 Å². The van der Waals surface area contributed by atoms with Gasteiger partial charge in [0, 0.05) is 18.3 Å². The predicted molar refractivity (Wildman–Crippen MR) is 89.9 cm³/mol. The molecule has 0 spiro atoms. The molecule has 0 radical (unpaired) electrons. The largest absolute Gasteiger partial charge is 0.444 e. The highest BCUT2D eigenvalue weighted by atomic mass is 16.6. The highest BCUT2D eigenvalue weighted by molar-refractivity contribution is 5.68. The number of anilines is 1. The molecule has 2 N–H and O–H groups in total. The summed E-state index contributed by atoms with van der Waals surface area (Å²) in [6.45, 7) is 5.42. The van der Waals surface area contributed by atoms with E-state index in [1.54, 1.807) is 20.8 Å². The molecule has 132 valence electrons. The van der Waals surface area contributed by atoms with Crippen molar-refractivity contribution in [2.75, 3.05) is 5.32 Å². The van der Waals surface area contributed by atoms with Gasteiger partial charge in [0.2, 0.25) is 5.82 Å². The Labute approximate surface area is 141 Å². The summed E-state index contributed by atoms with van der Waals surface area (Å²) in [6, 6.07) is 2.66. The second kappa shape index (κ2) is 7.46. The third kappa shape index (κ3) is 5.07. The normalized spacial score (nSPS) is 21.0. The first kappa shape index (κ1) is 18.0. The van der Waals surface area contributed by atoms with Crippen LogP contribution in [0.15, 0.2) is 18.3 Å². The van der Waals surface area contributed by atoms with Crippen LogP contribution in [0.3, 0.4) is 0 Å². The number of ether oxygens (including phenoxy) is 1. The number of pyridine rings is 1. The fourth-order valence-corrected chi connectivity index (χ4v) is 2.77. The molecule has 1 saturated carbocycles. The van der Waals surface area contributed by atoms with Crippen LogP contribution in [0.4, 0.5) is 16.3 Å². The lowest BCUT2D eigenvalue weighted by Gasteiger charge is -2.33. The summed E-state index contributed by atoms with van der Waals surface area (Å²) < 4.78 is 5.30. The van der Waals surface area contributed by atoms with Gasteiger partial charge < -0.3 is 15.4 Å². The zero-order valence-corrected chi connectivity index (χ0v) is 14.2. The zero-order chi connectivity index (χ0) is 17.7. The second-order valence-corrected chi connectivity index (χ2v) is 6.92. The Hall–Kier alpha value is -2.38. The fraction of sp³-hybridized carbons (Fsp3) is 0.625. The number of carbonyl (C=O) groups is 1. The van der Waals surface area contributed by atoms with Crippen LogP contribution in [0.2, 0.25) is 0 Å². The molecule has 8 nitrogen and oxygen atoms in total. The number of carbonyl (C=O) groups excluding carboxylic acids is 1. The van der Waals surface area contributed by atoms with Crippen molar-refractivity contribution in [2.24, 2.45) is 0 Å². The molecule has 1 aromatic heterocycles. The summed E-state index contributed by atoms with van der Waals surface area (Å²) in [5.41, 5.74) is -0.638. The van der Waals surface area contributed by atoms with Crippen LogP contribution >= 0.6 is 0 Å². The van der Waals surface area contributed by atoms with Gasteiger partial charge in [0.05, 0.1) is 11.0 Å². The van der Waals surface area contributed by atoms with Gasteiger partial charge in [-0.15, -0.1) is 0 Å². The Morgan fingerprint density at radius 3 is 2.62 bits per heavy atom. The number of amides is 1.